The van der Waals surface area contributed by atoms with Crippen LogP contribution < -0.4 is 5.32 Å². The summed E-state index contributed by atoms with van der Waals surface area (Å²) in [4.78, 5) is 4.02. The Hall–Kier alpha value is -1.05. The minimum Gasteiger partial charge on any atom is -0.380 e. The van der Waals surface area contributed by atoms with Crippen LogP contribution >= 0.6 is 0 Å². The summed E-state index contributed by atoms with van der Waals surface area (Å²) in [6.45, 7) is 6.78. The van der Waals surface area contributed by atoms with Crippen LogP contribution in [0.25, 0.3) is 0 Å². The summed E-state index contributed by atoms with van der Waals surface area (Å²) in [5, 5.41) is 3.56. The number of unbranched alkanes of at least 4 members (excludes halogenated alkanes) is 3. The lowest BCUT2D eigenvalue weighted by atomic mass is 9.96. The van der Waals surface area contributed by atoms with Crippen LogP contribution in [0, 0.1) is 0 Å². The number of nitrogens with one attached hydrogen (secondary N) is 1. The zero-order chi connectivity index (χ0) is 11.9. The highest BCUT2D eigenvalue weighted by atomic mass is 15.0. The molecule has 0 radical (unpaired) electrons. The van der Waals surface area contributed by atoms with Gasteiger partial charge in [-0.3, -0.25) is 4.98 Å². The van der Waals surface area contributed by atoms with E-state index in [-0.39, 0.29) is 5.54 Å². The maximum Gasteiger partial charge on any atom is 0.0375 e. The Morgan fingerprint density at radius 3 is 2.44 bits per heavy atom. The number of aromatic nitrogens is 1. The second-order valence-corrected chi connectivity index (χ2v) is 5.06. The summed E-state index contributed by atoms with van der Waals surface area (Å²) in [6.07, 6.45) is 10.2. The average molecular weight is 220 g/mol. The molecule has 0 saturated heterocycles. The smallest absolute Gasteiger partial charge is 0.0375 e. The molecule has 0 bridgehead atoms. The molecule has 2 heteroatoms. The Balaban J connectivity index is 2.33. The molecule has 2 nitrogen and oxygen atoms in total. The van der Waals surface area contributed by atoms with Gasteiger partial charge in [0.2, 0.25) is 0 Å². The van der Waals surface area contributed by atoms with Crippen LogP contribution in [0.4, 0.5) is 5.69 Å². The second-order valence-electron chi connectivity index (χ2n) is 5.06. The summed E-state index contributed by atoms with van der Waals surface area (Å²) >= 11 is 0. The van der Waals surface area contributed by atoms with Gasteiger partial charge in [0, 0.05) is 23.6 Å². The minimum absolute atomic E-state index is 0.176. The first kappa shape index (κ1) is 13.0. The highest BCUT2D eigenvalue weighted by Crippen LogP contribution is 2.20. The highest BCUT2D eigenvalue weighted by Gasteiger charge is 2.16. The molecule has 0 atom stereocenters. The minimum atomic E-state index is 0.176. The van der Waals surface area contributed by atoms with Crippen molar-refractivity contribution >= 4 is 5.69 Å². The molecule has 1 aromatic heterocycles. The molecule has 1 aromatic rings. The first-order chi connectivity index (χ1) is 7.64. The highest BCUT2D eigenvalue weighted by molar-refractivity contribution is 5.43. The molecule has 0 aliphatic carbocycles. The van der Waals surface area contributed by atoms with E-state index in [1.165, 1.54) is 32.1 Å². The van der Waals surface area contributed by atoms with Gasteiger partial charge >= 0.3 is 0 Å². The van der Waals surface area contributed by atoms with Gasteiger partial charge in [0.25, 0.3) is 0 Å². The van der Waals surface area contributed by atoms with E-state index in [1.54, 1.807) is 0 Å². The molecule has 1 heterocycles. The largest absolute Gasteiger partial charge is 0.380 e. The van der Waals surface area contributed by atoms with Gasteiger partial charge in [-0.1, -0.05) is 32.6 Å². The number of nitrogens with zero attached hydrogens (tertiary/aromatic N) is 1. The summed E-state index contributed by atoms with van der Waals surface area (Å²) in [6, 6.07) is 4.04. The molecule has 1 N–H and O–H groups in total. The Labute approximate surface area is 99.5 Å². The normalized spacial score (nSPS) is 11.4. The lowest BCUT2D eigenvalue weighted by Crippen LogP contribution is -2.30. The molecule has 0 amide bonds. The van der Waals surface area contributed by atoms with Crippen molar-refractivity contribution < 1.29 is 0 Å². The van der Waals surface area contributed by atoms with E-state index in [1.807, 2.05) is 24.5 Å². The van der Waals surface area contributed by atoms with Crippen molar-refractivity contribution in [2.24, 2.45) is 0 Å². The zero-order valence-corrected chi connectivity index (χ0v) is 10.8. The molecule has 0 aliphatic heterocycles. The van der Waals surface area contributed by atoms with E-state index < -0.39 is 0 Å². The Morgan fingerprint density at radius 1 is 1.12 bits per heavy atom. The molecule has 0 fully saturated rings. The second kappa shape index (κ2) is 6.51. The van der Waals surface area contributed by atoms with Crippen molar-refractivity contribution in [3.05, 3.63) is 24.5 Å². The molecule has 0 aliphatic rings. The van der Waals surface area contributed by atoms with Crippen molar-refractivity contribution in [1.82, 2.24) is 4.98 Å². The molecule has 0 saturated carbocycles. The number of hydrogen-bond acceptors (Lipinski definition) is 2. The maximum absolute atomic E-state index is 4.02. The molecule has 0 unspecified atom stereocenters. The predicted molar refractivity (Wildman–Crippen MR) is 70.7 cm³/mol. The molecule has 0 spiro atoms. The van der Waals surface area contributed by atoms with Gasteiger partial charge < -0.3 is 5.32 Å². The lowest BCUT2D eigenvalue weighted by Gasteiger charge is -2.27. The number of rotatable bonds is 7. The van der Waals surface area contributed by atoms with Crippen molar-refractivity contribution in [1.29, 1.82) is 0 Å². The van der Waals surface area contributed by atoms with Gasteiger partial charge in [0.15, 0.2) is 0 Å². The zero-order valence-electron chi connectivity index (χ0n) is 10.8. The lowest BCUT2D eigenvalue weighted by molar-refractivity contribution is 0.478. The molecule has 1 rings (SSSR count). The van der Waals surface area contributed by atoms with Crippen LogP contribution in [0.3, 0.4) is 0 Å². The number of hydrogen-bond donors (Lipinski definition) is 1. The summed E-state index contributed by atoms with van der Waals surface area (Å²) < 4.78 is 0. The van der Waals surface area contributed by atoms with Gasteiger partial charge in [-0.25, -0.2) is 0 Å². The van der Waals surface area contributed by atoms with E-state index in [9.17, 15) is 0 Å². The van der Waals surface area contributed by atoms with Gasteiger partial charge in [0.05, 0.1) is 0 Å². The predicted octanol–water partition coefficient (Wildman–Crippen LogP) is 4.24. The van der Waals surface area contributed by atoms with E-state index >= 15 is 0 Å². The Bertz CT molecular complexity index is 280. The molecule has 0 aromatic carbocycles. The fourth-order valence-electron chi connectivity index (χ4n) is 1.88. The van der Waals surface area contributed by atoms with Gasteiger partial charge in [-0.15, -0.1) is 0 Å². The SMILES string of the molecule is CCCCCCC(C)(C)Nc1ccncc1. The molecular weight excluding hydrogens is 196 g/mol. The first-order valence-electron chi connectivity index (χ1n) is 6.32. The fraction of sp³-hybridized carbons (Fsp3) is 0.643. The standard InChI is InChI=1S/C14H24N2/c1-4-5-6-7-10-14(2,3)16-13-8-11-15-12-9-13/h8-9,11-12H,4-7,10H2,1-3H3,(H,15,16). The first-order valence-corrected chi connectivity index (χ1v) is 6.32. The van der Waals surface area contributed by atoms with Gasteiger partial charge in [-0.2, -0.15) is 0 Å². The number of anilines is 1. The van der Waals surface area contributed by atoms with E-state index in [4.69, 9.17) is 0 Å². The third-order valence-electron chi connectivity index (χ3n) is 2.82. The van der Waals surface area contributed by atoms with Crippen LogP contribution in [-0.4, -0.2) is 10.5 Å². The molecule has 90 valence electrons. The molecular formula is C14H24N2. The topological polar surface area (TPSA) is 24.9 Å². The van der Waals surface area contributed by atoms with Crippen LogP contribution in [0.2, 0.25) is 0 Å². The van der Waals surface area contributed by atoms with Crippen LogP contribution in [0.5, 0.6) is 0 Å². The van der Waals surface area contributed by atoms with E-state index in [2.05, 4.69) is 31.1 Å². The van der Waals surface area contributed by atoms with Crippen LogP contribution in [-0.2, 0) is 0 Å². The summed E-state index contributed by atoms with van der Waals surface area (Å²) in [5.41, 5.74) is 1.34. The van der Waals surface area contributed by atoms with Crippen molar-refractivity contribution in [2.75, 3.05) is 5.32 Å². The maximum atomic E-state index is 4.02. The van der Waals surface area contributed by atoms with Gasteiger partial charge in [0.1, 0.15) is 0 Å². The third kappa shape index (κ3) is 5.15. The number of pyridine rings is 1. The van der Waals surface area contributed by atoms with Crippen LogP contribution in [0.1, 0.15) is 52.9 Å². The average Bonchev–Trinajstić information content (AvgIpc) is 2.25. The third-order valence-corrected chi connectivity index (χ3v) is 2.82. The fourth-order valence-corrected chi connectivity index (χ4v) is 1.88. The van der Waals surface area contributed by atoms with Crippen LogP contribution in [0.15, 0.2) is 24.5 Å². The van der Waals surface area contributed by atoms with E-state index in [0.717, 1.165) is 5.69 Å². The summed E-state index contributed by atoms with van der Waals surface area (Å²) in [5.74, 6) is 0. The van der Waals surface area contributed by atoms with Crippen molar-refractivity contribution in [2.45, 2.75) is 58.4 Å². The monoisotopic (exact) mass is 220 g/mol. The van der Waals surface area contributed by atoms with Gasteiger partial charge in [-0.05, 0) is 32.4 Å². The Morgan fingerprint density at radius 2 is 1.81 bits per heavy atom. The Kier molecular flexibility index (Phi) is 5.30. The van der Waals surface area contributed by atoms with E-state index in [0.29, 0.717) is 0 Å². The van der Waals surface area contributed by atoms with Crippen molar-refractivity contribution in [3.63, 3.8) is 0 Å². The molecule has 16 heavy (non-hydrogen) atoms. The quantitative estimate of drug-likeness (QED) is 0.695. The van der Waals surface area contributed by atoms with Crippen molar-refractivity contribution in [3.8, 4) is 0 Å². The summed E-state index contributed by atoms with van der Waals surface area (Å²) in [7, 11) is 0.